The third-order valence-electron chi connectivity index (χ3n) is 6.96. The lowest BCUT2D eigenvalue weighted by Gasteiger charge is -2.33. The number of rotatable bonds is 14. The van der Waals surface area contributed by atoms with E-state index in [1.54, 1.807) is 29.2 Å². The van der Waals surface area contributed by atoms with E-state index in [-0.39, 0.29) is 43.8 Å². The van der Waals surface area contributed by atoms with Gasteiger partial charge in [0, 0.05) is 37.0 Å². The second-order valence-corrected chi connectivity index (χ2v) is 12.8. The Morgan fingerprint density at radius 3 is 2.27 bits per heavy atom. The molecule has 0 radical (unpaired) electrons. The third-order valence-corrected chi connectivity index (χ3v) is 8.39. The van der Waals surface area contributed by atoms with Gasteiger partial charge in [-0.25, -0.2) is 8.42 Å². The van der Waals surface area contributed by atoms with Crippen molar-refractivity contribution in [1.29, 1.82) is 0 Å². The summed E-state index contributed by atoms with van der Waals surface area (Å²) in [7, 11) is -3.61. The Balaban J connectivity index is 1.89. The average Bonchev–Trinajstić information content (AvgIpc) is 2.92. The molecule has 1 N–H and O–H groups in total. The van der Waals surface area contributed by atoms with Crippen LogP contribution in [0.4, 0.5) is 5.69 Å². The smallest absolute Gasteiger partial charge is 0.243 e. The van der Waals surface area contributed by atoms with E-state index in [1.165, 1.54) is 4.31 Å². The first-order valence-corrected chi connectivity index (χ1v) is 16.1. The van der Waals surface area contributed by atoms with Crippen LogP contribution in [0.25, 0.3) is 0 Å². The number of hydrogen-bond acceptors (Lipinski definition) is 4. The normalized spacial score (nSPS) is 12.8. The maximum Gasteiger partial charge on any atom is 0.243 e. The second-order valence-electron chi connectivity index (χ2n) is 10.5. The number of amides is 2. The van der Waals surface area contributed by atoms with Gasteiger partial charge in [0.25, 0.3) is 0 Å². The zero-order valence-corrected chi connectivity index (χ0v) is 25.8. The summed E-state index contributed by atoms with van der Waals surface area (Å²) in [5, 5.41) is 3.49. The number of aryl methyl sites for hydroxylation is 1. The molecule has 41 heavy (non-hydrogen) atoms. The molecule has 3 aromatic rings. The van der Waals surface area contributed by atoms with Crippen LogP contribution >= 0.6 is 11.6 Å². The van der Waals surface area contributed by atoms with Crippen molar-refractivity contribution in [3.63, 3.8) is 0 Å². The number of nitrogens with zero attached hydrogens (tertiary/aromatic N) is 2. The first-order chi connectivity index (χ1) is 19.5. The zero-order chi connectivity index (χ0) is 30.0. The molecule has 3 aromatic carbocycles. The van der Waals surface area contributed by atoms with Crippen LogP contribution in [0.5, 0.6) is 0 Å². The maximum atomic E-state index is 13.9. The molecule has 2 atom stereocenters. The Hall–Kier alpha value is -3.36. The Bertz CT molecular complexity index is 1420. The van der Waals surface area contributed by atoms with Gasteiger partial charge in [0.05, 0.1) is 11.9 Å². The fourth-order valence-electron chi connectivity index (χ4n) is 4.64. The molecule has 7 nitrogen and oxygen atoms in total. The monoisotopic (exact) mass is 597 g/mol. The topological polar surface area (TPSA) is 86.8 Å². The quantitative estimate of drug-likeness (QED) is 0.256. The van der Waals surface area contributed by atoms with Crippen LogP contribution in [0, 0.1) is 6.92 Å². The SMILES string of the molecule is CC[C@@H](C)NC(=O)[C@H](Cc1ccccc1)N(Cc1cccc(C)c1)C(=O)CCCN(c1cccc(Cl)c1)S(C)(=O)=O. The molecular formula is C32H40ClN3O4S. The summed E-state index contributed by atoms with van der Waals surface area (Å²) in [6.07, 6.45) is 2.60. The minimum Gasteiger partial charge on any atom is -0.352 e. The van der Waals surface area contributed by atoms with E-state index in [9.17, 15) is 18.0 Å². The molecule has 0 aliphatic carbocycles. The molecule has 0 fully saturated rings. The lowest BCUT2D eigenvalue weighted by Crippen LogP contribution is -2.52. The molecule has 0 aliphatic heterocycles. The van der Waals surface area contributed by atoms with Gasteiger partial charge in [-0.1, -0.05) is 84.8 Å². The number of nitrogens with one attached hydrogen (secondary N) is 1. The number of carbonyl (C=O) groups excluding carboxylic acids is 2. The number of benzene rings is 3. The van der Waals surface area contributed by atoms with Crippen LogP contribution in [0.1, 0.15) is 49.8 Å². The molecule has 3 rings (SSSR count). The van der Waals surface area contributed by atoms with E-state index in [0.29, 0.717) is 17.1 Å². The number of halogens is 1. The van der Waals surface area contributed by atoms with Gasteiger partial charge < -0.3 is 10.2 Å². The van der Waals surface area contributed by atoms with E-state index in [2.05, 4.69) is 5.32 Å². The van der Waals surface area contributed by atoms with E-state index < -0.39 is 16.1 Å². The van der Waals surface area contributed by atoms with Gasteiger partial charge in [-0.3, -0.25) is 13.9 Å². The number of hydrogen-bond donors (Lipinski definition) is 1. The van der Waals surface area contributed by atoms with Gasteiger partial charge in [-0.15, -0.1) is 0 Å². The molecule has 0 unspecified atom stereocenters. The fraction of sp³-hybridized carbons (Fsp3) is 0.375. The molecular weight excluding hydrogens is 558 g/mol. The molecule has 0 bridgehead atoms. The lowest BCUT2D eigenvalue weighted by atomic mass is 10.0. The Labute approximate surface area is 249 Å². The minimum absolute atomic E-state index is 0.0438. The highest BCUT2D eigenvalue weighted by Gasteiger charge is 2.31. The average molecular weight is 598 g/mol. The van der Waals surface area contributed by atoms with E-state index >= 15 is 0 Å². The predicted molar refractivity (Wildman–Crippen MR) is 166 cm³/mol. The molecule has 0 saturated heterocycles. The fourth-order valence-corrected chi connectivity index (χ4v) is 5.78. The first kappa shape index (κ1) is 32.2. The summed E-state index contributed by atoms with van der Waals surface area (Å²) in [5.74, 6) is -0.424. The molecule has 0 spiro atoms. The highest BCUT2D eigenvalue weighted by molar-refractivity contribution is 7.92. The Morgan fingerprint density at radius 1 is 0.951 bits per heavy atom. The first-order valence-electron chi connectivity index (χ1n) is 13.9. The predicted octanol–water partition coefficient (Wildman–Crippen LogP) is 5.75. The van der Waals surface area contributed by atoms with Crippen molar-refractivity contribution in [2.24, 2.45) is 0 Å². The summed E-state index contributed by atoms with van der Waals surface area (Å²) in [4.78, 5) is 29.2. The standard InChI is InChI=1S/C32H40ClN3O4S/c1-5-25(3)34-32(38)30(21-26-13-7-6-8-14-26)35(23-27-15-9-12-24(2)20-27)31(37)18-11-19-36(41(4,39)40)29-17-10-16-28(33)22-29/h6-10,12-17,20,22,25,30H,5,11,18-19,21,23H2,1-4H3,(H,34,38)/t25-,30+/m1/s1. The maximum absolute atomic E-state index is 13.9. The van der Waals surface area contributed by atoms with Crippen molar-refractivity contribution in [3.8, 4) is 0 Å². The van der Waals surface area contributed by atoms with Crippen LogP contribution in [-0.2, 0) is 32.6 Å². The van der Waals surface area contributed by atoms with E-state index in [4.69, 9.17) is 11.6 Å². The number of carbonyl (C=O) groups is 2. The molecule has 2 amide bonds. The summed E-state index contributed by atoms with van der Waals surface area (Å²) >= 11 is 6.11. The molecule has 0 aliphatic rings. The van der Waals surface area contributed by atoms with Crippen molar-refractivity contribution in [3.05, 3.63) is 101 Å². The van der Waals surface area contributed by atoms with Crippen molar-refractivity contribution in [1.82, 2.24) is 10.2 Å². The van der Waals surface area contributed by atoms with Gasteiger partial charge in [0.2, 0.25) is 21.8 Å². The van der Waals surface area contributed by atoms with Crippen molar-refractivity contribution >= 4 is 39.1 Å². The number of anilines is 1. The van der Waals surface area contributed by atoms with Crippen LogP contribution in [-0.4, -0.2) is 50.0 Å². The van der Waals surface area contributed by atoms with Crippen LogP contribution in [0.2, 0.25) is 5.02 Å². The third kappa shape index (κ3) is 9.90. The van der Waals surface area contributed by atoms with E-state index in [1.807, 2.05) is 75.4 Å². The Morgan fingerprint density at radius 2 is 1.63 bits per heavy atom. The molecule has 9 heteroatoms. The van der Waals surface area contributed by atoms with Crippen LogP contribution in [0.15, 0.2) is 78.9 Å². The summed E-state index contributed by atoms with van der Waals surface area (Å²) in [5.41, 5.74) is 3.37. The molecule has 0 aromatic heterocycles. The lowest BCUT2D eigenvalue weighted by molar-refractivity contribution is -0.141. The van der Waals surface area contributed by atoms with Gasteiger partial charge in [0.15, 0.2) is 0 Å². The van der Waals surface area contributed by atoms with Gasteiger partial charge in [0.1, 0.15) is 6.04 Å². The zero-order valence-electron chi connectivity index (χ0n) is 24.2. The van der Waals surface area contributed by atoms with E-state index in [0.717, 1.165) is 29.4 Å². The highest BCUT2D eigenvalue weighted by Crippen LogP contribution is 2.23. The summed E-state index contributed by atoms with van der Waals surface area (Å²) in [6, 6.07) is 23.4. The Kier molecular flexibility index (Phi) is 11.8. The van der Waals surface area contributed by atoms with Crippen molar-refractivity contribution in [2.75, 3.05) is 17.1 Å². The summed E-state index contributed by atoms with van der Waals surface area (Å²) in [6.45, 7) is 6.30. The largest absolute Gasteiger partial charge is 0.352 e. The van der Waals surface area contributed by atoms with Gasteiger partial charge in [-0.05, 0) is 56.0 Å². The molecule has 0 heterocycles. The van der Waals surface area contributed by atoms with Crippen molar-refractivity contribution in [2.45, 2.75) is 65.1 Å². The van der Waals surface area contributed by atoms with Crippen LogP contribution in [0.3, 0.4) is 0 Å². The highest BCUT2D eigenvalue weighted by atomic mass is 35.5. The van der Waals surface area contributed by atoms with Crippen molar-refractivity contribution < 1.29 is 18.0 Å². The van der Waals surface area contributed by atoms with Gasteiger partial charge >= 0.3 is 0 Å². The molecule has 0 saturated carbocycles. The minimum atomic E-state index is -3.61. The number of sulfonamides is 1. The summed E-state index contributed by atoms with van der Waals surface area (Å²) < 4.78 is 26.4. The van der Waals surface area contributed by atoms with Gasteiger partial charge in [-0.2, -0.15) is 0 Å². The van der Waals surface area contributed by atoms with Crippen LogP contribution < -0.4 is 9.62 Å². The second kappa shape index (κ2) is 15.0. The molecule has 220 valence electrons.